The van der Waals surface area contributed by atoms with Gasteiger partial charge in [0, 0.05) is 0 Å². The highest BCUT2D eigenvalue weighted by atomic mass is 14.4. The van der Waals surface area contributed by atoms with E-state index in [-0.39, 0.29) is 0 Å². The van der Waals surface area contributed by atoms with Crippen molar-refractivity contribution in [2.75, 3.05) is 0 Å². The maximum atomic E-state index is 9.97. The van der Waals surface area contributed by atoms with Gasteiger partial charge in [-0.15, -0.1) is 0 Å². The second-order valence-electron chi connectivity index (χ2n) is 6.78. The third-order valence-corrected chi connectivity index (χ3v) is 4.99. The number of nitriles is 1. The van der Waals surface area contributed by atoms with Gasteiger partial charge in [0.1, 0.15) is 5.41 Å². The minimum absolute atomic E-state index is 0.568. The van der Waals surface area contributed by atoms with Gasteiger partial charge < -0.3 is 0 Å². The van der Waals surface area contributed by atoms with Crippen LogP contribution in [0.1, 0.15) is 43.7 Å². The third kappa shape index (κ3) is 3.74. The Morgan fingerprint density at radius 1 is 1.04 bits per heavy atom. The minimum Gasteiger partial charge on any atom is -0.197 e. The van der Waals surface area contributed by atoms with Gasteiger partial charge in [0.25, 0.3) is 0 Å². The first-order valence-corrected chi connectivity index (χ1v) is 9.23. The number of rotatable bonds is 6. The average Bonchev–Trinajstić information content (AvgIpc) is 2.69. The van der Waals surface area contributed by atoms with Crippen molar-refractivity contribution in [3.8, 4) is 17.2 Å². The highest BCUT2D eigenvalue weighted by Gasteiger charge is 2.32. The number of benzene rings is 2. The Morgan fingerprint density at radius 3 is 2.56 bits per heavy atom. The van der Waals surface area contributed by atoms with Crippen LogP contribution >= 0.6 is 0 Å². The zero-order chi connectivity index (χ0) is 17.5. The fraction of sp³-hybridized carbons (Fsp3) is 0.292. The van der Waals surface area contributed by atoms with E-state index >= 15 is 0 Å². The molecule has 1 unspecified atom stereocenters. The molecule has 0 amide bonds. The van der Waals surface area contributed by atoms with Crippen molar-refractivity contribution >= 4 is 0 Å². The van der Waals surface area contributed by atoms with E-state index < -0.39 is 5.41 Å². The molecule has 1 nitrogen and oxygen atoms in total. The summed E-state index contributed by atoms with van der Waals surface area (Å²) in [6.07, 6.45) is 13.7. The standard InChI is InChI=1S/C24H25N/c1-2-3-6-11-20-14-15-23(24(19-25)16-9-5-10-17-24)22(18-20)21-12-7-4-8-13-21/h4-5,7-10,12-16,18H,2-3,6,11,17H2,1H3. The Bertz CT molecular complexity index is 808. The number of allylic oxidation sites excluding steroid dienone is 4. The van der Waals surface area contributed by atoms with Gasteiger partial charge in [-0.05, 0) is 41.5 Å². The van der Waals surface area contributed by atoms with Crippen molar-refractivity contribution in [2.24, 2.45) is 0 Å². The molecule has 0 bridgehead atoms. The second kappa shape index (κ2) is 7.99. The Kier molecular flexibility index (Phi) is 5.51. The summed E-state index contributed by atoms with van der Waals surface area (Å²) < 4.78 is 0. The molecule has 0 spiro atoms. The highest BCUT2D eigenvalue weighted by molar-refractivity contribution is 5.71. The van der Waals surface area contributed by atoms with Crippen molar-refractivity contribution in [1.29, 1.82) is 5.26 Å². The molecule has 0 N–H and O–H groups in total. The monoisotopic (exact) mass is 327 g/mol. The molecule has 126 valence electrons. The Hall–Kier alpha value is -2.59. The van der Waals surface area contributed by atoms with Gasteiger partial charge in [0.05, 0.1) is 6.07 Å². The summed E-state index contributed by atoms with van der Waals surface area (Å²) in [4.78, 5) is 0. The van der Waals surface area contributed by atoms with E-state index in [9.17, 15) is 5.26 Å². The number of hydrogen-bond acceptors (Lipinski definition) is 1. The molecule has 0 saturated heterocycles. The summed E-state index contributed by atoms with van der Waals surface area (Å²) in [5.74, 6) is 0. The molecular formula is C24H25N. The van der Waals surface area contributed by atoms with E-state index in [1.165, 1.54) is 36.0 Å². The average molecular weight is 327 g/mol. The van der Waals surface area contributed by atoms with Gasteiger partial charge in [-0.25, -0.2) is 0 Å². The zero-order valence-corrected chi connectivity index (χ0v) is 14.9. The lowest BCUT2D eigenvalue weighted by Crippen LogP contribution is -2.23. The van der Waals surface area contributed by atoms with Crippen molar-refractivity contribution in [3.05, 3.63) is 84.0 Å². The molecule has 2 aromatic rings. The molecule has 2 aromatic carbocycles. The fourth-order valence-electron chi connectivity index (χ4n) is 3.53. The van der Waals surface area contributed by atoms with Gasteiger partial charge in [0.15, 0.2) is 0 Å². The van der Waals surface area contributed by atoms with Crippen LogP contribution in [0.15, 0.2) is 72.8 Å². The first-order chi connectivity index (χ1) is 12.3. The summed E-state index contributed by atoms with van der Waals surface area (Å²) >= 11 is 0. The fourth-order valence-corrected chi connectivity index (χ4v) is 3.53. The normalized spacial score (nSPS) is 18.9. The molecule has 0 radical (unpaired) electrons. The van der Waals surface area contributed by atoms with Crippen LogP contribution in [0.25, 0.3) is 11.1 Å². The molecule has 1 aliphatic rings. The minimum atomic E-state index is -0.568. The lowest BCUT2D eigenvalue weighted by atomic mass is 9.73. The van der Waals surface area contributed by atoms with Crippen LogP contribution in [0.2, 0.25) is 0 Å². The zero-order valence-electron chi connectivity index (χ0n) is 14.9. The summed E-state index contributed by atoms with van der Waals surface area (Å²) in [6, 6.07) is 19.7. The van der Waals surface area contributed by atoms with Crippen molar-refractivity contribution in [3.63, 3.8) is 0 Å². The second-order valence-corrected chi connectivity index (χ2v) is 6.78. The summed E-state index contributed by atoms with van der Waals surface area (Å²) in [5, 5.41) is 9.97. The summed E-state index contributed by atoms with van der Waals surface area (Å²) in [5.41, 5.74) is 4.28. The largest absolute Gasteiger partial charge is 0.197 e. The molecule has 3 rings (SSSR count). The van der Waals surface area contributed by atoms with Gasteiger partial charge in [0.2, 0.25) is 0 Å². The van der Waals surface area contributed by atoms with E-state index in [1.54, 1.807) is 0 Å². The number of unbranched alkanes of at least 4 members (excludes halogenated alkanes) is 2. The molecule has 0 aliphatic heterocycles. The smallest absolute Gasteiger partial charge is 0.105 e. The summed E-state index contributed by atoms with van der Waals surface area (Å²) in [7, 11) is 0. The van der Waals surface area contributed by atoms with Gasteiger partial charge in [-0.3, -0.25) is 0 Å². The van der Waals surface area contributed by atoms with E-state index in [0.29, 0.717) is 0 Å². The Morgan fingerprint density at radius 2 is 1.88 bits per heavy atom. The molecule has 1 heteroatoms. The van der Waals surface area contributed by atoms with Crippen LogP contribution in [0.4, 0.5) is 0 Å². The van der Waals surface area contributed by atoms with E-state index in [2.05, 4.69) is 61.5 Å². The Balaban J connectivity index is 2.07. The molecule has 0 aromatic heterocycles. The van der Waals surface area contributed by atoms with Gasteiger partial charge in [-0.1, -0.05) is 92.6 Å². The van der Waals surface area contributed by atoms with Crippen LogP contribution in [0.3, 0.4) is 0 Å². The molecule has 0 fully saturated rings. The van der Waals surface area contributed by atoms with Crippen LogP contribution in [-0.2, 0) is 11.8 Å². The summed E-state index contributed by atoms with van der Waals surface area (Å²) in [6.45, 7) is 2.23. The highest BCUT2D eigenvalue weighted by Crippen LogP contribution is 2.39. The molecular weight excluding hydrogens is 302 g/mol. The third-order valence-electron chi connectivity index (χ3n) is 4.99. The van der Waals surface area contributed by atoms with Crippen LogP contribution < -0.4 is 0 Å². The van der Waals surface area contributed by atoms with Crippen LogP contribution in [0.5, 0.6) is 0 Å². The van der Waals surface area contributed by atoms with Gasteiger partial charge in [-0.2, -0.15) is 5.26 Å². The van der Waals surface area contributed by atoms with Crippen molar-refractivity contribution in [2.45, 2.75) is 44.4 Å². The van der Waals surface area contributed by atoms with Gasteiger partial charge >= 0.3 is 0 Å². The first-order valence-electron chi connectivity index (χ1n) is 9.23. The number of nitrogens with zero attached hydrogens (tertiary/aromatic N) is 1. The quantitative estimate of drug-likeness (QED) is 0.566. The topological polar surface area (TPSA) is 23.8 Å². The van der Waals surface area contributed by atoms with E-state index in [0.717, 1.165) is 18.4 Å². The number of aryl methyl sites for hydroxylation is 1. The maximum absolute atomic E-state index is 9.97. The predicted molar refractivity (Wildman–Crippen MR) is 105 cm³/mol. The number of hydrogen-bond donors (Lipinski definition) is 0. The molecule has 0 saturated carbocycles. The predicted octanol–water partition coefficient (Wildman–Crippen LogP) is 6.36. The molecule has 1 atom stereocenters. The van der Waals surface area contributed by atoms with E-state index in [1.807, 2.05) is 24.3 Å². The molecule has 1 aliphatic carbocycles. The SMILES string of the molecule is CCCCCc1ccc(C2(C#N)C=CC=CC2)c(-c2ccccc2)c1. The van der Waals surface area contributed by atoms with E-state index in [4.69, 9.17) is 0 Å². The molecule has 25 heavy (non-hydrogen) atoms. The first kappa shape index (κ1) is 17.2. The van der Waals surface area contributed by atoms with Crippen molar-refractivity contribution in [1.82, 2.24) is 0 Å². The van der Waals surface area contributed by atoms with Crippen LogP contribution in [-0.4, -0.2) is 0 Å². The lowest BCUT2D eigenvalue weighted by Gasteiger charge is -2.27. The lowest BCUT2D eigenvalue weighted by molar-refractivity contribution is 0.690. The Labute approximate surface area is 151 Å². The van der Waals surface area contributed by atoms with Crippen molar-refractivity contribution < 1.29 is 0 Å². The maximum Gasteiger partial charge on any atom is 0.105 e. The molecule has 0 heterocycles. The van der Waals surface area contributed by atoms with Crippen LogP contribution in [0, 0.1) is 11.3 Å².